The van der Waals surface area contributed by atoms with Gasteiger partial charge < -0.3 is 14.2 Å². The molecule has 0 N–H and O–H groups in total. The molecule has 1 saturated heterocycles. The predicted molar refractivity (Wildman–Crippen MR) is 112 cm³/mol. The zero-order valence-electron chi connectivity index (χ0n) is 16.0. The standard InChI is InChI=1S/C20H25BrN2O3S/c1-4-26-20(25)14-6-8-22(9-7-14)19(24)16-11-17-18(15(21)12-27-17)23(16)10-5-13(2)3/h5,11-12,14H,4,6-10H2,1-3H3. The molecule has 1 aliphatic heterocycles. The van der Waals surface area contributed by atoms with Gasteiger partial charge in [-0.2, -0.15) is 0 Å². The van der Waals surface area contributed by atoms with E-state index in [0.29, 0.717) is 44.8 Å². The zero-order valence-corrected chi connectivity index (χ0v) is 18.4. The maximum Gasteiger partial charge on any atom is 0.309 e. The van der Waals surface area contributed by atoms with Crippen LogP contribution in [0.2, 0.25) is 0 Å². The van der Waals surface area contributed by atoms with Crippen molar-refractivity contribution in [2.75, 3.05) is 19.7 Å². The van der Waals surface area contributed by atoms with Gasteiger partial charge in [0.2, 0.25) is 0 Å². The van der Waals surface area contributed by atoms with Gasteiger partial charge in [0.05, 0.1) is 27.2 Å². The van der Waals surface area contributed by atoms with Crippen molar-refractivity contribution in [3.8, 4) is 0 Å². The minimum atomic E-state index is -0.138. The van der Waals surface area contributed by atoms with Gasteiger partial charge in [-0.05, 0) is 55.6 Å². The monoisotopic (exact) mass is 452 g/mol. The van der Waals surface area contributed by atoms with Crippen LogP contribution in [0.4, 0.5) is 0 Å². The van der Waals surface area contributed by atoms with Gasteiger partial charge in [0.15, 0.2) is 0 Å². The lowest BCUT2D eigenvalue weighted by molar-refractivity contribution is -0.149. The molecular formula is C20H25BrN2O3S. The Balaban J connectivity index is 1.81. The van der Waals surface area contributed by atoms with E-state index in [1.54, 1.807) is 11.3 Å². The van der Waals surface area contributed by atoms with Gasteiger partial charge in [-0.25, -0.2) is 0 Å². The molecule has 0 unspecified atom stereocenters. The molecule has 7 heteroatoms. The number of allylic oxidation sites excluding steroid dienone is 2. The first-order valence-electron chi connectivity index (χ1n) is 9.27. The predicted octanol–water partition coefficient (Wildman–Crippen LogP) is 4.85. The second kappa shape index (κ2) is 8.61. The third-order valence-corrected chi connectivity index (χ3v) is 6.71. The van der Waals surface area contributed by atoms with Crippen LogP contribution in [-0.2, 0) is 16.1 Å². The fraction of sp³-hybridized carbons (Fsp3) is 0.500. The fourth-order valence-electron chi connectivity index (χ4n) is 3.41. The number of halogens is 1. The average Bonchev–Trinajstić information content (AvgIpc) is 3.19. The van der Waals surface area contributed by atoms with E-state index in [2.05, 4.69) is 45.8 Å². The second-order valence-corrected chi connectivity index (χ2v) is 8.80. The Morgan fingerprint density at radius 3 is 2.67 bits per heavy atom. The summed E-state index contributed by atoms with van der Waals surface area (Å²) >= 11 is 5.25. The number of likely N-dealkylation sites (tertiary alicyclic amines) is 1. The van der Waals surface area contributed by atoms with Crippen LogP contribution in [0.15, 0.2) is 27.6 Å². The number of amides is 1. The number of nitrogens with zero attached hydrogens (tertiary/aromatic N) is 2. The highest BCUT2D eigenvalue weighted by atomic mass is 79.9. The number of carbonyl (C=O) groups excluding carboxylic acids is 2. The van der Waals surface area contributed by atoms with Gasteiger partial charge in [0.1, 0.15) is 5.69 Å². The van der Waals surface area contributed by atoms with E-state index in [9.17, 15) is 9.59 Å². The van der Waals surface area contributed by atoms with Crippen molar-refractivity contribution in [1.82, 2.24) is 9.47 Å². The van der Waals surface area contributed by atoms with Crippen LogP contribution in [0.1, 0.15) is 44.1 Å². The number of fused-ring (bicyclic) bond motifs is 1. The number of piperidine rings is 1. The van der Waals surface area contributed by atoms with Crippen molar-refractivity contribution >= 4 is 49.4 Å². The SMILES string of the molecule is CCOC(=O)C1CCN(C(=O)c2cc3scc(Br)c3n2CC=C(C)C)CC1. The van der Waals surface area contributed by atoms with E-state index in [0.717, 1.165) is 14.7 Å². The molecule has 0 atom stereocenters. The van der Waals surface area contributed by atoms with Crippen molar-refractivity contribution in [3.63, 3.8) is 0 Å². The second-order valence-electron chi connectivity index (χ2n) is 7.04. The summed E-state index contributed by atoms with van der Waals surface area (Å²) in [4.78, 5) is 27.0. The Morgan fingerprint density at radius 1 is 1.33 bits per heavy atom. The number of aromatic nitrogens is 1. The number of hydrogen-bond acceptors (Lipinski definition) is 4. The fourth-order valence-corrected chi connectivity index (χ4v) is 5.11. The number of carbonyl (C=O) groups is 2. The molecule has 0 saturated carbocycles. The molecule has 3 heterocycles. The number of esters is 1. The largest absolute Gasteiger partial charge is 0.466 e. The minimum absolute atomic E-state index is 0.0368. The molecular weight excluding hydrogens is 428 g/mol. The van der Waals surface area contributed by atoms with Crippen LogP contribution in [0.3, 0.4) is 0 Å². The van der Waals surface area contributed by atoms with Gasteiger partial charge >= 0.3 is 5.97 Å². The van der Waals surface area contributed by atoms with Gasteiger partial charge in [-0.1, -0.05) is 11.6 Å². The molecule has 5 nitrogen and oxygen atoms in total. The molecule has 0 bridgehead atoms. The lowest BCUT2D eigenvalue weighted by Crippen LogP contribution is -2.41. The molecule has 27 heavy (non-hydrogen) atoms. The summed E-state index contributed by atoms with van der Waals surface area (Å²) in [5, 5.41) is 2.06. The molecule has 1 amide bonds. The molecule has 0 aromatic carbocycles. The first-order valence-corrected chi connectivity index (χ1v) is 10.9. The van der Waals surface area contributed by atoms with E-state index >= 15 is 0 Å². The molecule has 3 rings (SSSR count). The van der Waals surface area contributed by atoms with E-state index in [-0.39, 0.29) is 17.8 Å². The topological polar surface area (TPSA) is 51.5 Å². The van der Waals surface area contributed by atoms with Crippen LogP contribution in [-0.4, -0.2) is 41.0 Å². The van der Waals surface area contributed by atoms with Crippen LogP contribution in [0.5, 0.6) is 0 Å². The number of thiophene rings is 1. The van der Waals surface area contributed by atoms with Crippen LogP contribution in [0, 0.1) is 5.92 Å². The molecule has 1 fully saturated rings. The lowest BCUT2D eigenvalue weighted by atomic mass is 9.97. The minimum Gasteiger partial charge on any atom is -0.466 e. The van der Waals surface area contributed by atoms with E-state index in [1.165, 1.54) is 5.57 Å². The summed E-state index contributed by atoms with van der Waals surface area (Å²) in [5.74, 6) is -0.195. The average molecular weight is 453 g/mol. The summed E-state index contributed by atoms with van der Waals surface area (Å²) in [5.41, 5.74) is 3.00. The summed E-state index contributed by atoms with van der Waals surface area (Å²) < 4.78 is 9.33. The number of ether oxygens (including phenoxy) is 1. The van der Waals surface area contributed by atoms with Crippen LogP contribution >= 0.6 is 27.3 Å². The van der Waals surface area contributed by atoms with Crippen LogP contribution in [0.25, 0.3) is 10.2 Å². The van der Waals surface area contributed by atoms with Crippen molar-refractivity contribution < 1.29 is 14.3 Å². The Morgan fingerprint density at radius 2 is 2.04 bits per heavy atom. The molecule has 0 aliphatic carbocycles. The van der Waals surface area contributed by atoms with E-state index in [1.807, 2.05) is 17.9 Å². The maximum atomic E-state index is 13.2. The van der Waals surface area contributed by atoms with Crippen molar-refractivity contribution in [2.45, 2.75) is 40.2 Å². The Labute approximate surface area is 172 Å². The summed E-state index contributed by atoms with van der Waals surface area (Å²) in [6.45, 7) is 8.19. The van der Waals surface area contributed by atoms with Gasteiger partial charge in [0, 0.05) is 25.0 Å². The molecule has 0 spiro atoms. The Hall–Kier alpha value is -1.60. The molecule has 146 valence electrons. The quantitative estimate of drug-likeness (QED) is 0.481. The third kappa shape index (κ3) is 4.29. The molecule has 2 aromatic heterocycles. The Bertz CT molecular complexity index is 871. The summed E-state index contributed by atoms with van der Waals surface area (Å²) in [7, 11) is 0. The highest BCUT2D eigenvalue weighted by Crippen LogP contribution is 2.34. The highest BCUT2D eigenvalue weighted by Gasteiger charge is 2.30. The first kappa shape index (κ1) is 20.1. The zero-order chi connectivity index (χ0) is 19.6. The third-order valence-electron chi connectivity index (χ3n) is 4.88. The van der Waals surface area contributed by atoms with Gasteiger partial charge in [-0.15, -0.1) is 11.3 Å². The maximum absolute atomic E-state index is 13.2. The van der Waals surface area contributed by atoms with E-state index in [4.69, 9.17) is 4.74 Å². The van der Waals surface area contributed by atoms with Crippen molar-refractivity contribution in [1.29, 1.82) is 0 Å². The normalized spacial score (nSPS) is 15.2. The summed E-state index contributed by atoms with van der Waals surface area (Å²) in [6, 6.07) is 1.99. The molecule has 2 aromatic rings. The van der Waals surface area contributed by atoms with E-state index < -0.39 is 0 Å². The number of hydrogen-bond donors (Lipinski definition) is 0. The smallest absolute Gasteiger partial charge is 0.309 e. The van der Waals surface area contributed by atoms with Gasteiger partial charge in [0.25, 0.3) is 5.91 Å². The number of rotatable bonds is 5. The molecule has 0 radical (unpaired) electrons. The Kier molecular flexibility index (Phi) is 6.42. The van der Waals surface area contributed by atoms with Crippen molar-refractivity contribution in [2.24, 2.45) is 5.92 Å². The summed E-state index contributed by atoms with van der Waals surface area (Å²) in [6.07, 6.45) is 3.46. The first-order chi connectivity index (χ1) is 12.9. The van der Waals surface area contributed by atoms with Crippen molar-refractivity contribution in [3.05, 3.63) is 33.3 Å². The van der Waals surface area contributed by atoms with Crippen LogP contribution < -0.4 is 0 Å². The van der Waals surface area contributed by atoms with Gasteiger partial charge in [-0.3, -0.25) is 9.59 Å². The highest BCUT2D eigenvalue weighted by molar-refractivity contribution is 9.10. The molecule has 1 aliphatic rings. The lowest BCUT2D eigenvalue weighted by Gasteiger charge is -2.31.